The second-order valence-electron chi connectivity index (χ2n) is 5.90. The highest BCUT2D eigenvalue weighted by atomic mass is 16.5. The van der Waals surface area contributed by atoms with E-state index in [1.807, 2.05) is 23.1 Å². The van der Waals surface area contributed by atoms with Crippen molar-refractivity contribution in [3.05, 3.63) is 23.8 Å². The van der Waals surface area contributed by atoms with Gasteiger partial charge in [0.25, 0.3) is 0 Å². The van der Waals surface area contributed by atoms with Crippen LogP contribution < -0.4 is 9.47 Å². The van der Waals surface area contributed by atoms with Crippen LogP contribution in [0, 0.1) is 0 Å². The number of ether oxygens (including phenoxy) is 2. The predicted molar refractivity (Wildman–Crippen MR) is 84.6 cm³/mol. The molecular formula is C17H22N2O4. The van der Waals surface area contributed by atoms with Crippen molar-refractivity contribution in [2.24, 2.45) is 0 Å². The smallest absolute Gasteiger partial charge is 0.227 e. The molecule has 2 aliphatic rings. The lowest BCUT2D eigenvalue weighted by molar-refractivity contribution is -0.138. The maximum absolute atomic E-state index is 12.4. The fourth-order valence-corrected chi connectivity index (χ4v) is 2.87. The van der Waals surface area contributed by atoms with Crippen LogP contribution in [0.2, 0.25) is 0 Å². The van der Waals surface area contributed by atoms with Crippen LogP contribution in [-0.4, -0.2) is 61.0 Å². The van der Waals surface area contributed by atoms with Gasteiger partial charge in [0, 0.05) is 39.5 Å². The SMILES string of the molecule is CC(=O)N1CCN(C(=O)Cc2ccc3c(c2)OCCCO3)CC1. The largest absolute Gasteiger partial charge is 0.490 e. The van der Waals surface area contributed by atoms with E-state index in [2.05, 4.69) is 0 Å². The zero-order valence-electron chi connectivity index (χ0n) is 13.4. The Kier molecular flexibility index (Phi) is 4.69. The molecule has 1 saturated heterocycles. The molecule has 0 bridgehead atoms. The Balaban J connectivity index is 1.60. The van der Waals surface area contributed by atoms with Crippen LogP contribution in [0.25, 0.3) is 0 Å². The summed E-state index contributed by atoms with van der Waals surface area (Å²) in [6.45, 7) is 5.29. The number of carbonyl (C=O) groups excluding carboxylic acids is 2. The molecule has 23 heavy (non-hydrogen) atoms. The molecule has 1 aromatic carbocycles. The fourth-order valence-electron chi connectivity index (χ4n) is 2.87. The van der Waals surface area contributed by atoms with E-state index in [1.165, 1.54) is 0 Å². The summed E-state index contributed by atoms with van der Waals surface area (Å²) in [5.74, 6) is 1.62. The molecule has 0 aromatic heterocycles. The van der Waals surface area contributed by atoms with E-state index < -0.39 is 0 Å². The van der Waals surface area contributed by atoms with Crippen molar-refractivity contribution < 1.29 is 19.1 Å². The average molecular weight is 318 g/mol. The molecule has 6 heteroatoms. The quantitative estimate of drug-likeness (QED) is 0.819. The molecule has 0 atom stereocenters. The first-order chi connectivity index (χ1) is 11.1. The van der Waals surface area contributed by atoms with E-state index in [4.69, 9.17) is 9.47 Å². The number of piperazine rings is 1. The maximum Gasteiger partial charge on any atom is 0.227 e. The first kappa shape index (κ1) is 15.6. The molecule has 6 nitrogen and oxygen atoms in total. The van der Waals surface area contributed by atoms with Gasteiger partial charge in [-0.1, -0.05) is 6.07 Å². The van der Waals surface area contributed by atoms with Gasteiger partial charge in [-0.25, -0.2) is 0 Å². The third-order valence-electron chi connectivity index (χ3n) is 4.24. The van der Waals surface area contributed by atoms with Gasteiger partial charge in [-0.15, -0.1) is 0 Å². The summed E-state index contributed by atoms with van der Waals surface area (Å²) in [4.78, 5) is 27.4. The molecular weight excluding hydrogens is 296 g/mol. The summed E-state index contributed by atoms with van der Waals surface area (Å²) in [5, 5.41) is 0. The van der Waals surface area contributed by atoms with Crippen LogP contribution in [0.4, 0.5) is 0 Å². The Hall–Kier alpha value is -2.24. The molecule has 1 fully saturated rings. The molecule has 0 N–H and O–H groups in total. The zero-order valence-corrected chi connectivity index (χ0v) is 13.4. The molecule has 3 rings (SSSR count). The number of hydrogen-bond donors (Lipinski definition) is 0. The summed E-state index contributed by atoms with van der Waals surface area (Å²) >= 11 is 0. The molecule has 0 aliphatic carbocycles. The lowest BCUT2D eigenvalue weighted by Gasteiger charge is -2.34. The van der Waals surface area contributed by atoms with Crippen LogP contribution in [0.15, 0.2) is 18.2 Å². The van der Waals surface area contributed by atoms with E-state index in [9.17, 15) is 9.59 Å². The molecule has 0 radical (unpaired) electrons. The standard InChI is InChI=1S/C17H22N2O4/c1-13(20)18-5-7-19(8-6-18)17(21)12-14-3-4-15-16(11-14)23-10-2-9-22-15/h3-4,11H,2,5-10,12H2,1H3. The van der Waals surface area contributed by atoms with Crippen LogP contribution >= 0.6 is 0 Å². The third-order valence-corrected chi connectivity index (χ3v) is 4.24. The monoisotopic (exact) mass is 318 g/mol. The molecule has 0 spiro atoms. The first-order valence-corrected chi connectivity index (χ1v) is 8.05. The third kappa shape index (κ3) is 3.75. The molecule has 0 unspecified atom stereocenters. The van der Waals surface area contributed by atoms with Gasteiger partial charge < -0.3 is 19.3 Å². The summed E-state index contributed by atoms with van der Waals surface area (Å²) in [6.07, 6.45) is 1.21. The van der Waals surface area contributed by atoms with E-state index in [-0.39, 0.29) is 11.8 Å². The highest BCUT2D eigenvalue weighted by Gasteiger charge is 2.22. The number of fused-ring (bicyclic) bond motifs is 1. The fraction of sp³-hybridized carbons (Fsp3) is 0.529. The lowest BCUT2D eigenvalue weighted by Crippen LogP contribution is -2.50. The van der Waals surface area contributed by atoms with Gasteiger partial charge in [0.05, 0.1) is 19.6 Å². The normalized spacial score (nSPS) is 17.6. The average Bonchev–Trinajstić information content (AvgIpc) is 2.79. The minimum Gasteiger partial charge on any atom is -0.490 e. The molecule has 2 heterocycles. The van der Waals surface area contributed by atoms with Crippen molar-refractivity contribution in [3.8, 4) is 11.5 Å². The first-order valence-electron chi connectivity index (χ1n) is 8.05. The zero-order chi connectivity index (χ0) is 16.2. The van der Waals surface area contributed by atoms with Gasteiger partial charge in [-0.05, 0) is 17.7 Å². The van der Waals surface area contributed by atoms with Gasteiger partial charge in [0.2, 0.25) is 11.8 Å². The summed E-state index contributed by atoms with van der Waals surface area (Å²) < 4.78 is 11.3. The Bertz CT molecular complexity index is 594. The molecule has 124 valence electrons. The lowest BCUT2D eigenvalue weighted by atomic mass is 10.1. The van der Waals surface area contributed by atoms with Gasteiger partial charge in [0.15, 0.2) is 11.5 Å². The van der Waals surface area contributed by atoms with Gasteiger partial charge in [-0.2, -0.15) is 0 Å². The Labute approximate surface area is 136 Å². The van der Waals surface area contributed by atoms with Gasteiger partial charge >= 0.3 is 0 Å². The predicted octanol–water partition coefficient (Wildman–Crippen LogP) is 1.08. The minimum atomic E-state index is 0.0694. The molecule has 2 aliphatic heterocycles. The number of carbonyl (C=O) groups is 2. The van der Waals surface area contributed by atoms with E-state index in [0.717, 1.165) is 17.7 Å². The van der Waals surface area contributed by atoms with Gasteiger partial charge in [0.1, 0.15) is 0 Å². The number of hydrogen-bond acceptors (Lipinski definition) is 4. The van der Waals surface area contributed by atoms with Crippen molar-refractivity contribution in [1.29, 1.82) is 0 Å². The number of benzene rings is 1. The minimum absolute atomic E-state index is 0.0694. The summed E-state index contributed by atoms with van der Waals surface area (Å²) in [6, 6.07) is 5.68. The van der Waals surface area contributed by atoms with Crippen LogP contribution in [-0.2, 0) is 16.0 Å². The van der Waals surface area contributed by atoms with Crippen molar-refractivity contribution in [1.82, 2.24) is 9.80 Å². The van der Waals surface area contributed by atoms with Crippen molar-refractivity contribution >= 4 is 11.8 Å². The second-order valence-corrected chi connectivity index (χ2v) is 5.90. The van der Waals surface area contributed by atoms with Crippen molar-refractivity contribution in [2.75, 3.05) is 39.4 Å². The van der Waals surface area contributed by atoms with E-state index in [0.29, 0.717) is 51.6 Å². The van der Waals surface area contributed by atoms with E-state index >= 15 is 0 Å². The number of rotatable bonds is 2. The Morgan fingerprint density at radius 1 is 1.00 bits per heavy atom. The highest BCUT2D eigenvalue weighted by molar-refractivity contribution is 5.79. The topological polar surface area (TPSA) is 59.1 Å². The Morgan fingerprint density at radius 3 is 2.35 bits per heavy atom. The summed E-state index contributed by atoms with van der Waals surface area (Å²) in [5.41, 5.74) is 0.924. The second kappa shape index (κ2) is 6.89. The molecule has 1 aromatic rings. The summed E-state index contributed by atoms with van der Waals surface area (Å²) in [7, 11) is 0. The van der Waals surface area contributed by atoms with Crippen molar-refractivity contribution in [2.45, 2.75) is 19.8 Å². The molecule has 2 amide bonds. The van der Waals surface area contributed by atoms with Crippen LogP contribution in [0.1, 0.15) is 18.9 Å². The van der Waals surface area contributed by atoms with Crippen LogP contribution in [0.5, 0.6) is 11.5 Å². The van der Waals surface area contributed by atoms with Crippen molar-refractivity contribution in [3.63, 3.8) is 0 Å². The maximum atomic E-state index is 12.4. The highest BCUT2D eigenvalue weighted by Crippen LogP contribution is 2.30. The van der Waals surface area contributed by atoms with Gasteiger partial charge in [-0.3, -0.25) is 9.59 Å². The number of nitrogens with zero attached hydrogens (tertiary/aromatic N) is 2. The Morgan fingerprint density at radius 2 is 1.65 bits per heavy atom. The molecule has 0 saturated carbocycles. The van der Waals surface area contributed by atoms with E-state index in [1.54, 1.807) is 11.8 Å². The number of amides is 2. The van der Waals surface area contributed by atoms with Crippen LogP contribution in [0.3, 0.4) is 0 Å².